The summed E-state index contributed by atoms with van der Waals surface area (Å²) < 4.78 is 0. The summed E-state index contributed by atoms with van der Waals surface area (Å²) in [4.78, 5) is 13.4. The lowest BCUT2D eigenvalue weighted by molar-refractivity contribution is 0.292. The molecule has 0 bridgehead atoms. The van der Waals surface area contributed by atoms with Crippen LogP contribution in [0.15, 0.2) is 30.5 Å². The average Bonchev–Trinajstić information content (AvgIpc) is 3.41. The number of aliphatic hydroxyl groups excluding tert-OH is 1. The number of pyridine rings is 1. The summed E-state index contributed by atoms with van der Waals surface area (Å²) >= 11 is 0. The molecule has 0 radical (unpaired) electrons. The van der Waals surface area contributed by atoms with Crippen LogP contribution in [0.25, 0.3) is 0 Å². The van der Waals surface area contributed by atoms with Crippen molar-refractivity contribution in [1.82, 2.24) is 15.0 Å². The van der Waals surface area contributed by atoms with E-state index in [9.17, 15) is 0 Å². The standard InChI is InChI=1S/C17H23N5O/c23-11-3-9-20-17-21-15(13-5-6-13)12-16(22-17)19-10-7-14-4-1-2-8-18-14/h1-2,4,8,12-13,23H,3,5-7,9-11H2,(H2,19,20,21,22). The summed E-state index contributed by atoms with van der Waals surface area (Å²) in [6.45, 7) is 1.64. The smallest absolute Gasteiger partial charge is 0.224 e. The highest BCUT2D eigenvalue weighted by atomic mass is 16.3. The summed E-state index contributed by atoms with van der Waals surface area (Å²) in [5, 5.41) is 15.4. The second-order valence-corrected chi connectivity index (χ2v) is 5.78. The monoisotopic (exact) mass is 313 g/mol. The Morgan fingerprint density at radius 1 is 1.13 bits per heavy atom. The predicted octanol–water partition coefficient (Wildman–Crippen LogP) is 2.20. The molecule has 2 heterocycles. The van der Waals surface area contributed by atoms with Crippen LogP contribution in [0.1, 0.15) is 36.6 Å². The van der Waals surface area contributed by atoms with E-state index < -0.39 is 0 Å². The highest BCUT2D eigenvalue weighted by Gasteiger charge is 2.26. The largest absolute Gasteiger partial charge is 0.396 e. The minimum absolute atomic E-state index is 0.171. The lowest BCUT2D eigenvalue weighted by Crippen LogP contribution is -2.12. The number of aromatic nitrogens is 3. The van der Waals surface area contributed by atoms with Crippen LogP contribution in [0.4, 0.5) is 11.8 Å². The van der Waals surface area contributed by atoms with Gasteiger partial charge >= 0.3 is 0 Å². The van der Waals surface area contributed by atoms with Crippen molar-refractivity contribution in [2.24, 2.45) is 0 Å². The van der Waals surface area contributed by atoms with Crippen LogP contribution in [-0.4, -0.2) is 39.8 Å². The third-order valence-electron chi connectivity index (χ3n) is 3.77. The van der Waals surface area contributed by atoms with Crippen molar-refractivity contribution in [2.75, 3.05) is 30.3 Å². The Morgan fingerprint density at radius 3 is 2.78 bits per heavy atom. The van der Waals surface area contributed by atoms with Crippen molar-refractivity contribution >= 4 is 11.8 Å². The Morgan fingerprint density at radius 2 is 2.04 bits per heavy atom. The molecule has 1 aliphatic carbocycles. The Labute approximate surface area is 136 Å². The van der Waals surface area contributed by atoms with Crippen molar-refractivity contribution in [1.29, 1.82) is 0 Å². The lowest BCUT2D eigenvalue weighted by atomic mass is 10.2. The maximum absolute atomic E-state index is 8.88. The molecule has 23 heavy (non-hydrogen) atoms. The summed E-state index contributed by atoms with van der Waals surface area (Å²) in [7, 11) is 0. The van der Waals surface area contributed by atoms with Crippen LogP contribution in [-0.2, 0) is 6.42 Å². The molecule has 0 aromatic carbocycles. The number of aliphatic hydroxyl groups is 1. The van der Waals surface area contributed by atoms with E-state index in [1.54, 1.807) is 0 Å². The van der Waals surface area contributed by atoms with Crippen molar-refractivity contribution in [3.05, 3.63) is 41.9 Å². The quantitative estimate of drug-likeness (QED) is 0.616. The molecule has 6 nitrogen and oxygen atoms in total. The molecule has 0 spiro atoms. The van der Waals surface area contributed by atoms with Gasteiger partial charge in [-0.1, -0.05) is 6.07 Å². The van der Waals surface area contributed by atoms with Gasteiger partial charge in [-0.3, -0.25) is 4.98 Å². The third kappa shape index (κ3) is 4.89. The van der Waals surface area contributed by atoms with Crippen LogP contribution in [0, 0.1) is 0 Å². The van der Waals surface area contributed by atoms with Crippen molar-refractivity contribution in [2.45, 2.75) is 31.6 Å². The molecule has 0 unspecified atom stereocenters. The molecular formula is C17H23N5O. The van der Waals surface area contributed by atoms with Crippen LogP contribution in [0.5, 0.6) is 0 Å². The molecule has 2 aromatic rings. The van der Waals surface area contributed by atoms with E-state index in [0.29, 0.717) is 24.8 Å². The Balaban J connectivity index is 1.60. The van der Waals surface area contributed by atoms with Gasteiger partial charge in [-0.05, 0) is 31.4 Å². The summed E-state index contributed by atoms with van der Waals surface area (Å²) in [6, 6.07) is 8.00. The van der Waals surface area contributed by atoms with E-state index >= 15 is 0 Å². The summed E-state index contributed by atoms with van der Waals surface area (Å²) in [5.74, 6) is 2.07. The van der Waals surface area contributed by atoms with Gasteiger partial charge in [0.15, 0.2) is 0 Å². The number of rotatable bonds is 9. The molecule has 122 valence electrons. The zero-order chi connectivity index (χ0) is 15.9. The Hall–Kier alpha value is -2.21. The summed E-state index contributed by atoms with van der Waals surface area (Å²) in [5.41, 5.74) is 2.17. The van der Waals surface area contributed by atoms with Crippen molar-refractivity contribution < 1.29 is 5.11 Å². The molecule has 1 aliphatic rings. The Bertz CT molecular complexity index is 616. The van der Waals surface area contributed by atoms with Gasteiger partial charge in [0.2, 0.25) is 5.95 Å². The van der Waals surface area contributed by atoms with Gasteiger partial charge < -0.3 is 15.7 Å². The predicted molar refractivity (Wildman–Crippen MR) is 90.6 cm³/mol. The molecule has 6 heteroatoms. The first-order valence-corrected chi connectivity index (χ1v) is 8.22. The third-order valence-corrected chi connectivity index (χ3v) is 3.77. The zero-order valence-corrected chi connectivity index (χ0v) is 13.2. The molecule has 0 saturated heterocycles. The van der Waals surface area contributed by atoms with Gasteiger partial charge in [-0.2, -0.15) is 4.98 Å². The molecular weight excluding hydrogens is 290 g/mol. The van der Waals surface area contributed by atoms with Gasteiger partial charge in [-0.25, -0.2) is 4.98 Å². The fraction of sp³-hybridized carbons (Fsp3) is 0.471. The first-order valence-electron chi connectivity index (χ1n) is 8.22. The topological polar surface area (TPSA) is 83.0 Å². The normalized spacial score (nSPS) is 13.8. The molecule has 0 aliphatic heterocycles. The maximum atomic E-state index is 8.88. The van der Waals surface area contributed by atoms with Gasteiger partial charge in [0, 0.05) is 50.0 Å². The number of anilines is 2. The number of hydrogen-bond donors (Lipinski definition) is 3. The molecule has 2 aromatic heterocycles. The number of nitrogens with zero attached hydrogens (tertiary/aromatic N) is 3. The molecule has 0 amide bonds. The second kappa shape index (κ2) is 7.87. The van der Waals surface area contributed by atoms with E-state index in [4.69, 9.17) is 5.11 Å². The highest BCUT2D eigenvalue weighted by molar-refractivity contribution is 5.44. The van der Waals surface area contributed by atoms with Crippen LogP contribution >= 0.6 is 0 Å². The lowest BCUT2D eigenvalue weighted by Gasteiger charge is -2.10. The van der Waals surface area contributed by atoms with Gasteiger partial charge in [0.1, 0.15) is 5.82 Å². The SMILES string of the molecule is OCCCNc1nc(NCCc2ccccn2)cc(C2CC2)n1. The molecule has 3 rings (SSSR count). The minimum Gasteiger partial charge on any atom is -0.396 e. The highest BCUT2D eigenvalue weighted by Crippen LogP contribution is 2.39. The van der Waals surface area contributed by atoms with E-state index in [0.717, 1.165) is 30.2 Å². The van der Waals surface area contributed by atoms with Crippen LogP contribution < -0.4 is 10.6 Å². The first-order chi connectivity index (χ1) is 11.3. The molecule has 1 saturated carbocycles. The molecule has 0 atom stereocenters. The second-order valence-electron chi connectivity index (χ2n) is 5.78. The van der Waals surface area contributed by atoms with E-state index in [-0.39, 0.29) is 6.61 Å². The van der Waals surface area contributed by atoms with E-state index in [2.05, 4.69) is 25.6 Å². The van der Waals surface area contributed by atoms with Crippen molar-refractivity contribution in [3.63, 3.8) is 0 Å². The van der Waals surface area contributed by atoms with Gasteiger partial charge in [0.05, 0.1) is 5.69 Å². The molecule has 1 fully saturated rings. The van der Waals surface area contributed by atoms with Crippen LogP contribution in [0.2, 0.25) is 0 Å². The summed E-state index contributed by atoms with van der Waals surface area (Å²) in [6.07, 6.45) is 5.78. The molecule has 3 N–H and O–H groups in total. The average molecular weight is 313 g/mol. The fourth-order valence-corrected chi connectivity index (χ4v) is 2.37. The fourth-order valence-electron chi connectivity index (χ4n) is 2.37. The number of hydrogen-bond acceptors (Lipinski definition) is 6. The first kappa shape index (κ1) is 15.7. The van der Waals surface area contributed by atoms with Gasteiger partial charge in [0.25, 0.3) is 0 Å². The Kier molecular flexibility index (Phi) is 5.37. The number of nitrogens with one attached hydrogen (secondary N) is 2. The maximum Gasteiger partial charge on any atom is 0.224 e. The van der Waals surface area contributed by atoms with Crippen molar-refractivity contribution in [3.8, 4) is 0 Å². The minimum atomic E-state index is 0.171. The van der Waals surface area contributed by atoms with Gasteiger partial charge in [-0.15, -0.1) is 0 Å². The van der Waals surface area contributed by atoms with E-state index in [1.165, 1.54) is 12.8 Å². The zero-order valence-electron chi connectivity index (χ0n) is 13.2. The van der Waals surface area contributed by atoms with E-state index in [1.807, 2.05) is 30.5 Å². The van der Waals surface area contributed by atoms with Crippen LogP contribution in [0.3, 0.4) is 0 Å².